The first-order valence-electron chi connectivity index (χ1n) is 5.54. The fraction of sp³-hybridized carbons (Fsp3) is 0.462. The highest BCUT2D eigenvalue weighted by molar-refractivity contribution is 6.30. The van der Waals surface area contributed by atoms with Crippen LogP contribution in [0, 0.1) is 6.92 Å². The third-order valence-corrected chi connectivity index (χ3v) is 3.12. The average molecular weight is 256 g/mol. The number of rotatable bonds is 4. The summed E-state index contributed by atoms with van der Waals surface area (Å²) >= 11 is 5.91. The summed E-state index contributed by atoms with van der Waals surface area (Å²) < 4.78 is 4.70. The van der Waals surface area contributed by atoms with Gasteiger partial charge in [0.1, 0.15) is 0 Å². The largest absolute Gasteiger partial charge is 0.469 e. The van der Waals surface area contributed by atoms with Gasteiger partial charge in [0.25, 0.3) is 0 Å². The monoisotopic (exact) mass is 255 g/mol. The number of ether oxygens (including phenoxy) is 1. The van der Waals surface area contributed by atoms with E-state index in [0.717, 1.165) is 11.1 Å². The van der Waals surface area contributed by atoms with Gasteiger partial charge in [-0.3, -0.25) is 4.79 Å². The molecule has 2 atom stereocenters. The molecule has 0 bridgehead atoms. The maximum atomic E-state index is 11.4. The molecule has 0 saturated heterocycles. The van der Waals surface area contributed by atoms with Gasteiger partial charge >= 0.3 is 5.97 Å². The number of carbonyl (C=O) groups excluding carboxylic acids is 1. The molecule has 0 spiro atoms. The Hall–Kier alpha value is -1.06. The topological polar surface area (TPSA) is 52.3 Å². The van der Waals surface area contributed by atoms with Crippen LogP contribution in [0.4, 0.5) is 0 Å². The van der Waals surface area contributed by atoms with Crippen LogP contribution in [0.3, 0.4) is 0 Å². The van der Waals surface area contributed by atoms with Crippen LogP contribution < -0.4 is 5.73 Å². The smallest absolute Gasteiger partial charge is 0.306 e. The zero-order valence-corrected chi connectivity index (χ0v) is 11.1. The van der Waals surface area contributed by atoms with Gasteiger partial charge < -0.3 is 10.5 Å². The molecule has 0 aliphatic rings. The summed E-state index contributed by atoms with van der Waals surface area (Å²) in [4.78, 5) is 11.4. The van der Waals surface area contributed by atoms with E-state index in [2.05, 4.69) is 0 Å². The van der Waals surface area contributed by atoms with E-state index in [-0.39, 0.29) is 24.3 Å². The van der Waals surface area contributed by atoms with E-state index in [4.69, 9.17) is 22.1 Å². The van der Waals surface area contributed by atoms with Crippen molar-refractivity contribution >= 4 is 17.6 Å². The highest BCUT2D eigenvalue weighted by Gasteiger charge is 2.22. The van der Waals surface area contributed by atoms with Crippen molar-refractivity contribution in [1.82, 2.24) is 0 Å². The van der Waals surface area contributed by atoms with E-state index < -0.39 is 0 Å². The molecule has 1 aromatic carbocycles. The number of hydrogen-bond acceptors (Lipinski definition) is 3. The first kappa shape index (κ1) is 14.0. The molecule has 4 heteroatoms. The number of carbonyl (C=O) groups is 1. The maximum absolute atomic E-state index is 11.4. The molecule has 94 valence electrons. The van der Waals surface area contributed by atoms with Crippen molar-refractivity contribution in [2.24, 2.45) is 5.73 Å². The predicted octanol–water partition coefficient (Wildman–Crippen LogP) is 2.64. The Labute approximate surface area is 107 Å². The lowest BCUT2D eigenvalue weighted by atomic mass is 9.87. The van der Waals surface area contributed by atoms with Crippen LogP contribution in [0.25, 0.3) is 0 Å². The van der Waals surface area contributed by atoms with Crippen LogP contribution in [0.15, 0.2) is 18.2 Å². The first-order valence-corrected chi connectivity index (χ1v) is 5.92. The molecular formula is C13H18ClNO2. The number of methoxy groups -OCH3 is 1. The molecule has 1 aromatic rings. The molecule has 0 saturated carbocycles. The summed E-state index contributed by atoms with van der Waals surface area (Å²) in [6, 6.07) is 5.50. The van der Waals surface area contributed by atoms with Crippen LogP contribution in [-0.4, -0.2) is 19.1 Å². The maximum Gasteiger partial charge on any atom is 0.306 e. The molecule has 0 aliphatic carbocycles. The Bertz CT molecular complexity index is 404. The van der Waals surface area contributed by atoms with E-state index >= 15 is 0 Å². The lowest BCUT2D eigenvalue weighted by Crippen LogP contribution is -2.27. The van der Waals surface area contributed by atoms with Crippen LogP contribution in [0.2, 0.25) is 5.02 Å². The van der Waals surface area contributed by atoms with E-state index in [0.29, 0.717) is 5.02 Å². The molecule has 17 heavy (non-hydrogen) atoms. The van der Waals surface area contributed by atoms with Crippen LogP contribution >= 0.6 is 11.6 Å². The summed E-state index contributed by atoms with van der Waals surface area (Å²) in [5, 5.41) is 0.688. The normalized spacial score (nSPS) is 14.2. The Morgan fingerprint density at radius 2 is 2.18 bits per heavy atom. The quantitative estimate of drug-likeness (QED) is 0.842. The number of hydrogen-bond donors (Lipinski definition) is 1. The summed E-state index contributed by atoms with van der Waals surface area (Å²) in [6.07, 6.45) is 0.288. The number of halogens is 1. The number of aryl methyl sites for hydroxylation is 1. The molecule has 0 aliphatic heterocycles. The third-order valence-electron chi connectivity index (χ3n) is 2.88. The van der Waals surface area contributed by atoms with Gasteiger partial charge in [-0.1, -0.05) is 17.7 Å². The zero-order chi connectivity index (χ0) is 13.0. The van der Waals surface area contributed by atoms with Crippen molar-refractivity contribution in [3.63, 3.8) is 0 Å². The summed E-state index contributed by atoms with van der Waals surface area (Å²) in [7, 11) is 1.38. The van der Waals surface area contributed by atoms with Gasteiger partial charge in [0.2, 0.25) is 0 Å². The molecule has 0 radical (unpaired) electrons. The van der Waals surface area contributed by atoms with Gasteiger partial charge in [0.15, 0.2) is 0 Å². The standard InChI is InChI=1S/C13H18ClNO2/c1-8-6-10(14)4-5-11(8)12(9(2)15)7-13(16)17-3/h4-6,9,12H,7,15H2,1-3H3. The molecular weight excluding hydrogens is 238 g/mol. The van der Waals surface area contributed by atoms with Crippen molar-refractivity contribution < 1.29 is 9.53 Å². The van der Waals surface area contributed by atoms with Gasteiger partial charge in [-0.05, 0) is 37.1 Å². The summed E-state index contributed by atoms with van der Waals surface area (Å²) in [5.74, 6) is -0.290. The minimum absolute atomic E-state index is 0.0419. The molecule has 0 fully saturated rings. The second-order valence-electron chi connectivity index (χ2n) is 4.25. The number of nitrogens with two attached hydrogens (primary N) is 1. The average Bonchev–Trinajstić information content (AvgIpc) is 2.26. The highest BCUT2D eigenvalue weighted by Crippen LogP contribution is 2.28. The van der Waals surface area contributed by atoms with Crippen molar-refractivity contribution in [1.29, 1.82) is 0 Å². The molecule has 2 N–H and O–H groups in total. The first-order chi connectivity index (χ1) is 7.95. The fourth-order valence-electron chi connectivity index (χ4n) is 1.90. The van der Waals surface area contributed by atoms with Gasteiger partial charge in [-0.2, -0.15) is 0 Å². The Balaban J connectivity index is 3.01. The van der Waals surface area contributed by atoms with E-state index in [9.17, 15) is 4.79 Å². The number of esters is 1. The van der Waals surface area contributed by atoms with Crippen LogP contribution in [0.5, 0.6) is 0 Å². The van der Waals surface area contributed by atoms with E-state index in [1.165, 1.54) is 7.11 Å². The van der Waals surface area contributed by atoms with Crippen molar-refractivity contribution in [2.45, 2.75) is 32.2 Å². The van der Waals surface area contributed by atoms with Crippen molar-refractivity contribution in [3.05, 3.63) is 34.3 Å². The SMILES string of the molecule is COC(=O)CC(c1ccc(Cl)cc1C)C(C)N. The van der Waals surface area contributed by atoms with Crippen molar-refractivity contribution in [2.75, 3.05) is 7.11 Å². The lowest BCUT2D eigenvalue weighted by Gasteiger charge is -2.22. The molecule has 0 aromatic heterocycles. The molecule has 0 amide bonds. The van der Waals surface area contributed by atoms with E-state index in [1.54, 1.807) is 0 Å². The predicted molar refractivity (Wildman–Crippen MR) is 69.2 cm³/mol. The second-order valence-corrected chi connectivity index (χ2v) is 4.68. The molecule has 0 heterocycles. The van der Waals surface area contributed by atoms with Gasteiger partial charge in [-0.25, -0.2) is 0 Å². The fourth-order valence-corrected chi connectivity index (χ4v) is 2.12. The zero-order valence-electron chi connectivity index (χ0n) is 10.4. The Morgan fingerprint density at radius 3 is 2.65 bits per heavy atom. The van der Waals surface area contributed by atoms with E-state index in [1.807, 2.05) is 32.0 Å². The number of benzene rings is 1. The van der Waals surface area contributed by atoms with Crippen LogP contribution in [-0.2, 0) is 9.53 Å². The molecule has 3 nitrogen and oxygen atoms in total. The minimum Gasteiger partial charge on any atom is -0.469 e. The summed E-state index contributed by atoms with van der Waals surface area (Å²) in [5.41, 5.74) is 8.03. The van der Waals surface area contributed by atoms with Gasteiger partial charge in [0.05, 0.1) is 13.5 Å². The van der Waals surface area contributed by atoms with Crippen molar-refractivity contribution in [3.8, 4) is 0 Å². The Morgan fingerprint density at radius 1 is 1.53 bits per heavy atom. The molecule has 2 unspecified atom stereocenters. The Kier molecular flexibility index (Phi) is 4.97. The summed E-state index contributed by atoms with van der Waals surface area (Å²) in [6.45, 7) is 3.86. The highest BCUT2D eigenvalue weighted by atomic mass is 35.5. The third kappa shape index (κ3) is 3.72. The van der Waals surface area contributed by atoms with Gasteiger partial charge in [-0.15, -0.1) is 0 Å². The second kappa shape index (κ2) is 6.03. The van der Waals surface area contributed by atoms with Crippen LogP contribution in [0.1, 0.15) is 30.4 Å². The minimum atomic E-state index is -0.248. The van der Waals surface area contributed by atoms with Gasteiger partial charge in [0, 0.05) is 17.0 Å². The molecule has 1 rings (SSSR count). The lowest BCUT2D eigenvalue weighted by molar-refractivity contribution is -0.141.